The normalized spacial score (nSPS) is 12.0. The van der Waals surface area contributed by atoms with E-state index in [1.165, 1.54) is 24.3 Å². The van der Waals surface area contributed by atoms with Crippen LogP contribution < -0.4 is 0 Å². The second kappa shape index (κ2) is 7.30. The van der Waals surface area contributed by atoms with E-state index in [4.69, 9.17) is 28.5 Å². The predicted molar refractivity (Wildman–Crippen MR) is 90.7 cm³/mol. The third-order valence-corrected chi connectivity index (χ3v) is 3.82. The standard InChI is InChI=1S/C18H10Cl2F3NO/c1-10-4-11(2-3-12(10)9-24)17(25)8-16(18(21,22)23)13-5-14(19)7-15(20)6-13/h2-8H,1H3/b16-8+. The van der Waals surface area contributed by atoms with Gasteiger partial charge in [-0.25, -0.2) is 0 Å². The second-order valence-corrected chi connectivity index (χ2v) is 6.09. The molecule has 0 atom stereocenters. The molecule has 2 nitrogen and oxygen atoms in total. The molecule has 7 heteroatoms. The topological polar surface area (TPSA) is 40.9 Å². The van der Waals surface area contributed by atoms with Gasteiger partial charge >= 0.3 is 6.18 Å². The Morgan fingerprint density at radius 1 is 1.08 bits per heavy atom. The summed E-state index contributed by atoms with van der Waals surface area (Å²) in [5, 5.41) is 8.93. The zero-order chi connectivity index (χ0) is 18.8. The highest BCUT2D eigenvalue weighted by molar-refractivity contribution is 6.35. The predicted octanol–water partition coefficient (Wildman–Crippen LogP) is 6.00. The Balaban J connectivity index is 2.53. The molecule has 0 spiro atoms. The van der Waals surface area contributed by atoms with E-state index < -0.39 is 17.5 Å². The number of carbonyl (C=O) groups is 1. The van der Waals surface area contributed by atoms with Crippen LogP contribution in [0, 0.1) is 18.3 Å². The Morgan fingerprint density at radius 3 is 2.16 bits per heavy atom. The minimum Gasteiger partial charge on any atom is -0.289 e. The van der Waals surface area contributed by atoms with Gasteiger partial charge in [0.25, 0.3) is 0 Å². The lowest BCUT2D eigenvalue weighted by molar-refractivity contribution is -0.0689. The van der Waals surface area contributed by atoms with E-state index in [2.05, 4.69) is 0 Å². The van der Waals surface area contributed by atoms with E-state index in [0.717, 1.165) is 12.1 Å². The minimum absolute atomic E-state index is 0.0271. The van der Waals surface area contributed by atoms with Gasteiger partial charge in [-0.1, -0.05) is 23.2 Å². The fourth-order valence-electron chi connectivity index (χ4n) is 2.19. The first-order chi connectivity index (χ1) is 11.6. The summed E-state index contributed by atoms with van der Waals surface area (Å²) in [6, 6.07) is 9.47. The molecule has 0 fully saturated rings. The molecule has 0 saturated carbocycles. The second-order valence-electron chi connectivity index (χ2n) is 5.22. The average molecular weight is 384 g/mol. The van der Waals surface area contributed by atoms with Crippen LogP contribution in [0.2, 0.25) is 10.0 Å². The van der Waals surface area contributed by atoms with Crippen molar-refractivity contribution in [3.05, 3.63) is 74.8 Å². The molecule has 0 radical (unpaired) electrons. The zero-order valence-corrected chi connectivity index (χ0v) is 14.3. The van der Waals surface area contributed by atoms with Crippen LogP contribution in [0.4, 0.5) is 13.2 Å². The van der Waals surface area contributed by atoms with E-state index in [0.29, 0.717) is 17.2 Å². The Kier molecular flexibility index (Phi) is 5.56. The van der Waals surface area contributed by atoms with Crippen LogP contribution in [-0.2, 0) is 0 Å². The average Bonchev–Trinajstić information content (AvgIpc) is 2.50. The van der Waals surface area contributed by atoms with Crippen molar-refractivity contribution in [3.8, 4) is 6.07 Å². The van der Waals surface area contributed by atoms with Crippen LogP contribution >= 0.6 is 23.2 Å². The van der Waals surface area contributed by atoms with E-state index in [1.807, 2.05) is 6.07 Å². The van der Waals surface area contributed by atoms with Gasteiger partial charge < -0.3 is 0 Å². The maximum absolute atomic E-state index is 13.4. The summed E-state index contributed by atoms with van der Waals surface area (Å²) in [6.45, 7) is 1.60. The number of carbonyl (C=O) groups excluding carboxylic acids is 1. The summed E-state index contributed by atoms with van der Waals surface area (Å²) in [5.74, 6) is -0.837. The maximum Gasteiger partial charge on any atom is 0.417 e. The van der Waals surface area contributed by atoms with Crippen LogP contribution in [-0.4, -0.2) is 12.0 Å². The van der Waals surface area contributed by atoms with E-state index in [1.54, 1.807) is 6.92 Å². The van der Waals surface area contributed by atoms with Crippen LogP contribution in [0.5, 0.6) is 0 Å². The molecule has 128 valence electrons. The van der Waals surface area contributed by atoms with Crippen LogP contribution in [0.3, 0.4) is 0 Å². The molecular formula is C18H10Cl2F3NO. The lowest BCUT2D eigenvalue weighted by atomic mass is 9.99. The van der Waals surface area contributed by atoms with Gasteiger partial charge in [0.15, 0.2) is 5.78 Å². The Morgan fingerprint density at radius 2 is 1.68 bits per heavy atom. The highest BCUT2D eigenvalue weighted by Gasteiger charge is 2.35. The lowest BCUT2D eigenvalue weighted by Gasteiger charge is -2.13. The maximum atomic E-state index is 13.4. The largest absolute Gasteiger partial charge is 0.417 e. The summed E-state index contributed by atoms with van der Waals surface area (Å²) in [4.78, 5) is 12.3. The summed E-state index contributed by atoms with van der Waals surface area (Å²) in [7, 11) is 0. The molecular weight excluding hydrogens is 374 g/mol. The third kappa shape index (κ3) is 4.62. The number of benzene rings is 2. The molecule has 2 aromatic carbocycles. The molecule has 0 amide bonds. The Hall–Kier alpha value is -2.29. The van der Waals surface area contributed by atoms with Gasteiger partial charge in [0.05, 0.1) is 17.2 Å². The van der Waals surface area contributed by atoms with Crippen molar-refractivity contribution in [1.29, 1.82) is 5.26 Å². The van der Waals surface area contributed by atoms with Crippen LogP contribution in [0.15, 0.2) is 42.5 Å². The molecule has 0 aliphatic rings. The first kappa shape index (κ1) is 19.0. The first-order valence-electron chi connectivity index (χ1n) is 6.92. The quantitative estimate of drug-likeness (QED) is 0.481. The SMILES string of the molecule is Cc1cc(C(=O)/C=C(\c2cc(Cl)cc(Cl)c2)C(F)(F)F)ccc1C#N. The number of nitriles is 1. The smallest absolute Gasteiger partial charge is 0.289 e. The van der Waals surface area contributed by atoms with E-state index >= 15 is 0 Å². The molecule has 0 aliphatic carbocycles. The number of allylic oxidation sites excluding steroid dienone is 2. The molecule has 2 aromatic rings. The molecule has 0 bridgehead atoms. The summed E-state index contributed by atoms with van der Waals surface area (Å²) >= 11 is 11.5. The first-order valence-corrected chi connectivity index (χ1v) is 7.68. The number of rotatable bonds is 3. The van der Waals surface area contributed by atoms with Crippen molar-refractivity contribution < 1.29 is 18.0 Å². The third-order valence-electron chi connectivity index (χ3n) is 3.39. The van der Waals surface area contributed by atoms with Crippen molar-refractivity contribution >= 4 is 34.6 Å². The minimum atomic E-state index is -4.77. The number of halogens is 5. The lowest BCUT2D eigenvalue weighted by Crippen LogP contribution is -2.13. The highest BCUT2D eigenvalue weighted by Crippen LogP contribution is 2.36. The van der Waals surface area contributed by atoms with Crippen molar-refractivity contribution in [2.24, 2.45) is 0 Å². The fraction of sp³-hybridized carbons (Fsp3) is 0.111. The van der Waals surface area contributed by atoms with Gasteiger partial charge in [-0.2, -0.15) is 18.4 Å². The fourth-order valence-corrected chi connectivity index (χ4v) is 2.72. The number of aryl methyl sites for hydroxylation is 1. The molecule has 2 rings (SSSR count). The number of hydrogen-bond donors (Lipinski definition) is 0. The molecule has 0 unspecified atom stereocenters. The molecule has 0 N–H and O–H groups in total. The highest BCUT2D eigenvalue weighted by atomic mass is 35.5. The number of nitrogens with zero attached hydrogens (tertiary/aromatic N) is 1. The Labute approximate surface area is 152 Å². The van der Waals surface area contributed by atoms with Crippen molar-refractivity contribution in [2.45, 2.75) is 13.1 Å². The van der Waals surface area contributed by atoms with Crippen molar-refractivity contribution in [1.82, 2.24) is 0 Å². The molecule has 25 heavy (non-hydrogen) atoms. The van der Waals surface area contributed by atoms with Gasteiger partial charge in [0, 0.05) is 15.6 Å². The van der Waals surface area contributed by atoms with Gasteiger partial charge in [-0.3, -0.25) is 4.79 Å². The summed E-state index contributed by atoms with van der Waals surface area (Å²) < 4.78 is 40.2. The van der Waals surface area contributed by atoms with Crippen LogP contribution in [0.25, 0.3) is 5.57 Å². The number of ketones is 1. The number of hydrogen-bond acceptors (Lipinski definition) is 2. The molecule has 0 saturated heterocycles. The molecule has 0 aliphatic heterocycles. The zero-order valence-electron chi connectivity index (χ0n) is 12.8. The Bertz CT molecular complexity index is 891. The molecule has 0 aromatic heterocycles. The van der Waals surface area contributed by atoms with Gasteiger partial charge in [0.1, 0.15) is 0 Å². The van der Waals surface area contributed by atoms with Crippen LogP contribution in [0.1, 0.15) is 27.0 Å². The van der Waals surface area contributed by atoms with Gasteiger partial charge in [-0.05, 0) is 60.5 Å². The monoisotopic (exact) mass is 383 g/mol. The molecule has 0 heterocycles. The van der Waals surface area contributed by atoms with Gasteiger partial charge in [-0.15, -0.1) is 0 Å². The van der Waals surface area contributed by atoms with Crippen molar-refractivity contribution in [3.63, 3.8) is 0 Å². The van der Waals surface area contributed by atoms with Gasteiger partial charge in [0.2, 0.25) is 0 Å². The summed E-state index contributed by atoms with van der Waals surface area (Å²) in [6.07, 6.45) is -4.27. The summed E-state index contributed by atoms with van der Waals surface area (Å²) in [5.41, 5.74) is -0.557. The number of alkyl halides is 3. The van der Waals surface area contributed by atoms with E-state index in [9.17, 15) is 18.0 Å². The van der Waals surface area contributed by atoms with Crippen molar-refractivity contribution in [2.75, 3.05) is 0 Å². The van der Waals surface area contributed by atoms with E-state index in [-0.39, 0.29) is 21.2 Å².